The van der Waals surface area contributed by atoms with E-state index in [0.717, 1.165) is 37.7 Å². The number of thiophene rings is 1. The number of ether oxygens (including phenoxy) is 1. The summed E-state index contributed by atoms with van der Waals surface area (Å²) in [5.74, 6) is 2.72. The van der Waals surface area contributed by atoms with Crippen molar-refractivity contribution in [2.75, 3.05) is 19.0 Å². The minimum Gasteiger partial charge on any atom is -0.497 e. The molecule has 0 amide bonds. The fourth-order valence-electron chi connectivity index (χ4n) is 3.83. The molecule has 0 fully saturated rings. The first-order valence-electron chi connectivity index (χ1n) is 10.8. The highest BCUT2D eigenvalue weighted by molar-refractivity contribution is 7.22. The first kappa shape index (κ1) is 22.5. The van der Waals surface area contributed by atoms with E-state index in [1.165, 1.54) is 0 Å². The number of hydrogen-bond acceptors (Lipinski definition) is 9. The van der Waals surface area contributed by atoms with Crippen LogP contribution in [0.1, 0.15) is 13.3 Å². The van der Waals surface area contributed by atoms with Crippen molar-refractivity contribution in [2.45, 2.75) is 19.4 Å². The lowest BCUT2D eigenvalue weighted by atomic mass is 10.0. The maximum atomic E-state index is 9.47. The number of anilines is 1. The van der Waals surface area contributed by atoms with Crippen molar-refractivity contribution in [1.29, 1.82) is 0 Å². The van der Waals surface area contributed by atoms with Crippen molar-refractivity contribution < 1.29 is 9.84 Å². The van der Waals surface area contributed by atoms with Crippen LogP contribution in [0.25, 0.3) is 43.6 Å². The summed E-state index contributed by atoms with van der Waals surface area (Å²) in [5, 5.41) is 15.9. The number of imidazole rings is 1. The Bertz CT molecular complexity index is 1430. The highest BCUT2D eigenvalue weighted by atomic mass is 32.1. The van der Waals surface area contributed by atoms with Gasteiger partial charge in [-0.1, -0.05) is 12.1 Å². The second kappa shape index (κ2) is 9.49. The quantitative estimate of drug-likeness (QED) is 0.312. The number of fused-ring (bicyclic) bond motifs is 1. The summed E-state index contributed by atoms with van der Waals surface area (Å²) in [6, 6.07) is 8.02. The minimum absolute atomic E-state index is 0.0146. The van der Waals surface area contributed by atoms with E-state index in [-0.39, 0.29) is 12.6 Å². The summed E-state index contributed by atoms with van der Waals surface area (Å²) in [6.07, 6.45) is 4.21. The predicted octanol–water partition coefficient (Wildman–Crippen LogP) is 5.07. The Morgan fingerprint density at radius 1 is 1.24 bits per heavy atom. The first-order chi connectivity index (χ1) is 16.6. The largest absolute Gasteiger partial charge is 0.497 e. The molecule has 174 valence electrons. The average Bonchev–Trinajstić information content (AvgIpc) is 3.58. The number of aryl methyl sites for hydroxylation is 1. The lowest BCUT2D eigenvalue weighted by Gasteiger charge is -2.15. The highest BCUT2D eigenvalue weighted by Crippen LogP contribution is 2.47. The van der Waals surface area contributed by atoms with Gasteiger partial charge < -0.3 is 19.7 Å². The average molecular weight is 493 g/mol. The molecule has 4 aromatic heterocycles. The smallest absolute Gasteiger partial charge is 0.199 e. The standard InChI is InChI=1S/C24H24N6O2S2/c1-14(7-10-31)27-21-19-18(17-12-33-13-26-17)20(15-5-4-6-16(11-15)32-3)34-24(19)29-22(28-21)23-25-8-9-30(23)2/h4-6,8-9,11-14,31H,7,10H2,1-3H3,(H,27,28,29). The molecule has 34 heavy (non-hydrogen) atoms. The van der Waals surface area contributed by atoms with Crippen LogP contribution in [-0.4, -0.2) is 49.4 Å². The second-order valence-corrected chi connectivity index (χ2v) is 9.62. The lowest BCUT2D eigenvalue weighted by Crippen LogP contribution is -2.18. The molecule has 8 nitrogen and oxygen atoms in total. The molecule has 0 saturated heterocycles. The summed E-state index contributed by atoms with van der Waals surface area (Å²) < 4.78 is 7.38. The molecule has 5 aromatic rings. The van der Waals surface area contributed by atoms with Crippen LogP contribution >= 0.6 is 22.7 Å². The third kappa shape index (κ3) is 4.15. The fraction of sp³-hybridized carbons (Fsp3) is 0.250. The summed E-state index contributed by atoms with van der Waals surface area (Å²) in [7, 11) is 3.59. The number of thiazole rings is 1. The predicted molar refractivity (Wildman–Crippen MR) is 138 cm³/mol. The monoisotopic (exact) mass is 492 g/mol. The Labute approximate surface area is 205 Å². The van der Waals surface area contributed by atoms with Crippen LogP contribution in [0, 0.1) is 0 Å². The van der Waals surface area contributed by atoms with Crippen LogP contribution in [0.4, 0.5) is 5.82 Å². The lowest BCUT2D eigenvalue weighted by molar-refractivity contribution is 0.282. The maximum absolute atomic E-state index is 9.47. The summed E-state index contributed by atoms with van der Waals surface area (Å²) in [4.78, 5) is 20.8. The highest BCUT2D eigenvalue weighted by Gasteiger charge is 2.24. The van der Waals surface area contributed by atoms with Crippen molar-refractivity contribution in [3.05, 3.63) is 47.5 Å². The Hall–Kier alpha value is -3.34. The van der Waals surface area contributed by atoms with Gasteiger partial charge in [0.25, 0.3) is 0 Å². The summed E-state index contributed by atoms with van der Waals surface area (Å²) in [5.41, 5.74) is 4.72. The van der Waals surface area contributed by atoms with Gasteiger partial charge in [-0.15, -0.1) is 22.7 Å². The number of aromatic nitrogens is 5. The molecule has 0 spiro atoms. The molecule has 1 atom stereocenters. The zero-order valence-corrected chi connectivity index (χ0v) is 20.7. The van der Waals surface area contributed by atoms with Crippen molar-refractivity contribution in [2.24, 2.45) is 7.05 Å². The van der Waals surface area contributed by atoms with E-state index in [1.54, 1.807) is 36.0 Å². The molecule has 0 saturated carbocycles. The van der Waals surface area contributed by atoms with E-state index in [9.17, 15) is 5.11 Å². The van der Waals surface area contributed by atoms with Crippen molar-refractivity contribution >= 4 is 38.7 Å². The van der Waals surface area contributed by atoms with Crippen molar-refractivity contribution in [3.63, 3.8) is 0 Å². The van der Waals surface area contributed by atoms with Crippen molar-refractivity contribution in [1.82, 2.24) is 24.5 Å². The van der Waals surface area contributed by atoms with Crippen LogP contribution in [0.3, 0.4) is 0 Å². The number of methoxy groups -OCH3 is 1. The topological polar surface area (TPSA) is 98.0 Å². The van der Waals surface area contributed by atoms with Crippen LogP contribution in [0.15, 0.2) is 47.5 Å². The second-order valence-electron chi connectivity index (χ2n) is 7.91. The molecule has 1 aromatic carbocycles. The van der Waals surface area contributed by atoms with E-state index in [4.69, 9.17) is 14.7 Å². The van der Waals surface area contributed by atoms with Crippen molar-refractivity contribution in [3.8, 4) is 39.1 Å². The molecule has 0 aliphatic rings. The van der Waals surface area contributed by atoms with Crippen LogP contribution in [0.2, 0.25) is 0 Å². The van der Waals surface area contributed by atoms with E-state index in [2.05, 4.69) is 21.4 Å². The molecular formula is C24H24N6O2S2. The third-order valence-electron chi connectivity index (χ3n) is 5.54. The Morgan fingerprint density at radius 2 is 2.12 bits per heavy atom. The molecule has 1 unspecified atom stereocenters. The van der Waals surface area contributed by atoms with E-state index < -0.39 is 0 Å². The molecule has 5 rings (SSSR count). The van der Waals surface area contributed by atoms with Gasteiger partial charge in [0.1, 0.15) is 16.4 Å². The zero-order valence-electron chi connectivity index (χ0n) is 19.0. The van der Waals surface area contributed by atoms with E-state index in [1.807, 2.05) is 53.8 Å². The van der Waals surface area contributed by atoms with Crippen LogP contribution < -0.4 is 10.1 Å². The molecule has 4 heterocycles. The van der Waals surface area contributed by atoms with E-state index in [0.29, 0.717) is 23.9 Å². The number of hydrogen-bond donors (Lipinski definition) is 2. The van der Waals surface area contributed by atoms with Gasteiger partial charge >= 0.3 is 0 Å². The van der Waals surface area contributed by atoms with Gasteiger partial charge in [-0.2, -0.15) is 0 Å². The molecule has 0 bridgehead atoms. The summed E-state index contributed by atoms with van der Waals surface area (Å²) in [6.45, 7) is 2.12. The Kier molecular flexibility index (Phi) is 6.27. The van der Waals surface area contributed by atoms with Gasteiger partial charge in [-0.25, -0.2) is 19.9 Å². The van der Waals surface area contributed by atoms with Gasteiger partial charge in [0, 0.05) is 47.9 Å². The van der Waals surface area contributed by atoms with Crippen LogP contribution in [0.5, 0.6) is 5.75 Å². The van der Waals surface area contributed by atoms with Gasteiger partial charge in [-0.3, -0.25) is 0 Å². The maximum Gasteiger partial charge on any atom is 0.199 e. The number of nitrogens with one attached hydrogen (secondary N) is 1. The molecular weight excluding hydrogens is 468 g/mol. The number of aliphatic hydroxyl groups excluding tert-OH is 1. The normalized spacial score (nSPS) is 12.2. The Balaban J connectivity index is 1.81. The van der Waals surface area contributed by atoms with E-state index >= 15 is 0 Å². The van der Waals surface area contributed by atoms with Gasteiger partial charge in [0.15, 0.2) is 11.6 Å². The molecule has 0 aliphatic carbocycles. The Morgan fingerprint density at radius 3 is 2.82 bits per heavy atom. The number of benzene rings is 1. The molecule has 10 heteroatoms. The zero-order chi connectivity index (χ0) is 23.7. The van der Waals surface area contributed by atoms with Crippen LogP contribution in [-0.2, 0) is 7.05 Å². The summed E-state index contributed by atoms with van der Waals surface area (Å²) >= 11 is 3.15. The molecule has 0 radical (unpaired) electrons. The number of aliphatic hydroxyl groups is 1. The SMILES string of the molecule is COc1cccc(-c2sc3nc(-c4nccn4C)nc(NC(C)CCO)c3c2-c2cscn2)c1. The number of rotatable bonds is 8. The first-order valence-corrected chi connectivity index (χ1v) is 12.6. The van der Waals surface area contributed by atoms with Gasteiger partial charge in [0.05, 0.1) is 23.7 Å². The number of nitrogens with zero attached hydrogens (tertiary/aromatic N) is 5. The fourth-order valence-corrected chi connectivity index (χ4v) is 5.56. The molecule has 0 aliphatic heterocycles. The van der Waals surface area contributed by atoms with Gasteiger partial charge in [0.2, 0.25) is 0 Å². The minimum atomic E-state index is 0.0146. The van der Waals surface area contributed by atoms with Gasteiger partial charge in [-0.05, 0) is 31.0 Å². The third-order valence-corrected chi connectivity index (χ3v) is 7.26. The molecule has 2 N–H and O–H groups in total.